The van der Waals surface area contributed by atoms with Crippen molar-refractivity contribution in [3.8, 4) is 5.75 Å². The Morgan fingerprint density at radius 1 is 1.19 bits per heavy atom. The number of carbonyl (C=O) groups is 2. The molecule has 0 aliphatic carbocycles. The number of ether oxygens (including phenoxy) is 2. The Balaban J connectivity index is 2.95. The summed E-state index contributed by atoms with van der Waals surface area (Å²) in [5, 5.41) is 0. The van der Waals surface area contributed by atoms with Crippen molar-refractivity contribution in [3.63, 3.8) is 0 Å². The third-order valence-electron chi connectivity index (χ3n) is 3.30. The molecule has 0 radical (unpaired) electrons. The van der Waals surface area contributed by atoms with Gasteiger partial charge < -0.3 is 9.47 Å². The highest BCUT2D eigenvalue weighted by Gasteiger charge is 2.29. The predicted molar refractivity (Wildman–Crippen MR) is 81.5 cm³/mol. The van der Waals surface area contributed by atoms with E-state index >= 15 is 0 Å². The van der Waals surface area contributed by atoms with Gasteiger partial charge in [-0.25, -0.2) is 0 Å². The number of esters is 1. The van der Waals surface area contributed by atoms with E-state index in [2.05, 4.69) is 6.92 Å². The Bertz CT molecular complexity index is 468. The fourth-order valence-electron chi connectivity index (χ4n) is 2.19. The maximum absolute atomic E-state index is 12.4. The molecule has 0 fully saturated rings. The van der Waals surface area contributed by atoms with Crippen LogP contribution in [0.4, 0.5) is 0 Å². The summed E-state index contributed by atoms with van der Waals surface area (Å²) >= 11 is 0. The minimum Gasteiger partial charge on any atom is -0.497 e. The molecule has 4 nitrogen and oxygen atoms in total. The monoisotopic (exact) mass is 292 g/mol. The van der Waals surface area contributed by atoms with Gasteiger partial charge in [0.15, 0.2) is 5.78 Å². The molecule has 1 aromatic rings. The predicted octanol–water partition coefficient (Wildman–Crippen LogP) is 3.49. The molecular formula is C17H24O4. The molecule has 1 aromatic carbocycles. The fraction of sp³-hybridized carbons (Fsp3) is 0.529. The highest BCUT2D eigenvalue weighted by molar-refractivity contribution is 6.04. The molecular weight excluding hydrogens is 268 g/mol. The van der Waals surface area contributed by atoms with Crippen molar-refractivity contribution < 1.29 is 19.1 Å². The average molecular weight is 292 g/mol. The van der Waals surface area contributed by atoms with Crippen molar-refractivity contribution in [2.24, 2.45) is 0 Å². The SMILES string of the molecule is CCCCCC(=O)C(C(=O)OCC)c1cccc(OC)c1. The van der Waals surface area contributed by atoms with Gasteiger partial charge in [0.05, 0.1) is 13.7 Å². The van der Waals surface area contributed by atoms with Gasteiger partial charge in [0.1, 0.15) is 11.7 Å². The number of carbonyl (C=O) groups excluding carboxylic acids is 2. The number of unbranched alkanes of at least 4 members (excludes halogenated alkanes) is 2. The van der Waals surface area contributed by atoms with E-state index in [4.69, 9.17) is 9.47 Å². The summed E-state index contributed by atoms with van der Waals surface area (Å²) in [5.74, 6) is -0.789. The molecule has 0 saturated carbocycles. The van der Waals surface area contributed by atoms with E-state index in [0.717, 1.165) is 19.3 Å². The van der Waals surface area contributed by atoms with Gasteiger partial charge in [0.25, 0.3) is 0 Å². The second kappa shape index (κ2) is 9.16. The molecule has 0 saturated heterocycles. The smallest absolute Gasteiger partial charge is 0.321 e. The van der Waals surface area contributed by atoms with Crippen LogP contribution in [0.25, 0.3) is 0 Å². The number of ketones is 1. The van der Waals surface area contributed by atoms with Crippen LogP contribution < -0.4 is 4.74 Å². The third-order valence-corrected chi connectivity index (χ3v) is 3.30. The Morgan fingerprint density at radius 2 is 1.95 bits per heavy atom. The molecule has 0 aromatic heterocycles. The van der Waals surface area contributed by atoms with Gasteiger partial charge in [-0.05, 0) is 31.0 Å². The summed E-state index contributed by atoms with van der Waals surface area (Å²) < 4.78 is 10.2. The fourth-order valence-corrected chi connectivity index (χ4v) is 2.19. The van der Waals surface area contributed by atoms with Gasteiger partial charge in [-0.3, -0.25) is 9.59 Å². The van der Waals surface area contributed by atoms with Crippen molar-refractivity contribution in [2.75, 3.05) is 13.7 Å². The summed E-state index contributed by atoms with van der Waals surface area (Å²) in [6.07, 6.45) is 3.22. The van der Waals surface area contributed by atoms with Gasteiger partial charge in [-0.1, -0.05) is 31.9 Å². The van der Waals surface area contributed by atoms with Crippen LogP contribution in [-0.4, -0.2) is 25.5 Å². The molecule has 0 N–H and O–H groups in total. The van der Waals surface area contributed by atoms with Crippen LogP contribution in [0.1, 0.15) is 51.0 Å². The molecule has 0 aliphatic heterocycles. The van der Waals surface area contributed by atoms with Crippen LogP contribution in [0.5, 0.6) is 5.75 Å². The quantitative estimate of drug-likeness (QED) is 0.397. The molecule has 0 bridgehead atoms. The first-order valence-corrected chi connectivity index (χ1v) is 7.47. The molecule has 0 aliphatic rings. The van der Waals surface area contributed by atoms with E-state index in [-0.39, 0.29) is 12.4 Å². The van der Waals surface area contributed by atoms with Gasteiger partial charge >= 0.3 is 5.97 Å². The van der Waals surface area contributed by atoms with Crippen molar-refractivity contribution >= 4 is 11.8 Å². The van der Waals surface area contributed by atoms with Crippen molar-refractivity contribution in [1.29, 1.82) is 0 Å². The minimum atomic E-state index is -0.850. The molecule has 1 unspecified atom stereocenters. The second-order valence-electron chi connectivity index (χ2n) is 4.89. The Hall–Kier alpha value is -1.84. The van der Waals surface area contributed by atoms with Crippen LogP contribution >= 0.6 is 0 Å². The normalized spacial score (nSPS) is 11.8. The van der Waals surface area contributed by atoms with Crippen LogP contribution in [0.2, 0.25) is 0 Å². The number of Topliss-reactive ketones (excluding diaryl/α,β-unsaturated/α-hetero) is 1. The molecule has 21 heavy (non-hydrogen) atoms. The standard InChI is InChI=1S/C17H24O4/c1-4-6-7-11-15(18)16(17(19)21-5-2)13-9-8-10-14(12-13)20-3/h8-10,12,16H,4-7,11H2,1-3H3. The van der Waals surface area contributed by atoms with E-state index in [0.29, 0.717) is 17.7 Å². The number of rotatable bonds is 9. The van der Waals surface area contributed by atoms with E-state index in [1.807, 2.05) is 0 Å². The van der Waals surface area contributed by atoms with E-state index in [9.17, 15) is 9.59 Å². The summed E-state index contributed by atoms with van der Waals surface area (Å²) in [6.45, 7) is 4.08. The van der Waals surface area contributed by atoms with Crippen molar-refractivity contribution in [1.82, 2.24) is 0 Å². The van der Waals surface area contributed by atoms with E-state index < -0.39 is 11.9 Å². The molecule has 4 heteroatoms. The van der Waals surface area contributed by atoms with Gasteiger partial charge in [-0.2, -0.15) is 0 Å². The molecule has 0 heterocycles. The van der Waals surface area contributed by atoms with E-state index in [1.54, 1.807) is 38.3 Å². The van der Waals surface area contributed by atoms with Crippen LogP contribution in [0.3, 0.4) is 0 Å². The second-order valence-corrected chi connectivity index (χ2v) is 4.89. The Kier molecular flexibility index (Phi) is 7.51. The molecule has 0 amide bonds. The lowest BCUT2D eigenvalue weighted by Gasteiger charge is -2.15. The first kappa shape index (κ1) is 17.2. The Labute approximate surface area is 126 Å². The summed E-state index contributed by atoms with van der Waals surface area (Å²) in [4.78, 5) is 24.5. The first-order chi connectivity index (χ1) is 10.1. The van der Waals surface area contributed by atoms with Crippen LogP contribution in [-0.2, 0) is 14.3 Å². The minimum absolute atomic E-state index is 0.0878. The highest BCUT2D eigenvalue weighted by atomic mass is 16.5. The average Bonchev–Trinajstić information content (AvgIpc) is 2.48. The Morgan fingerprint density at radius 3 is 2.57 bits per heavy atom. The third kappa shape index (κ3) is 5.21. The zero-order valence-corrected chi connectivity index (χ0v) is 13.1. The number of hydrogen-bond donors (Lipinski definition) is 0. The van der Waals surface area contributed by atoms with Crippen LogP contribution in [0.15, 0.2) is 24.3 Å². The summed E-state index contributed by atoms with van der Waals surface area (Å²) in [5.41, 5.74) is 0.634. The lowest BCUT2D eigenvalue weighted by atomic mass is 9.91. The lowest BCUT2D eigenvalue weighted by Crippen LogP contribution is -2.24. The lowest BCUT2D eigenvalue weighted by molar-refractivity contribution is -0.147. The topological polar surface area (TPSA) is 52.6 Å². The molecule has 0 spiro atoms. The maximum atomic E-state index is 12.4. The van der Waals surface area contributed by atoms with Crippen molar-refractivity contribution in [2.45, 2.75) is 45.4 Å². The zero-order chi connectivity index (χ0) is 15.7. The molecule has 1 rings (SSSR count). The highest BCUT2D eigenvalue weighted by Crippen LogP contribution is 2.25. The maximum Gasteiger partial charge on any atom is 0.321 e. The zero-order valence-electron chi connectivity index (χ0n) is 13.1. The summed E-state index contributed by atoms with van der Waals surface area (Å²) in [6, 6.07) is 7.05. The van der Waals surface area contributed by atoms with Gasteiger partial charge in [-0.15, -0.1) is 0 Å². The van der Waals surface area contributed by atoms with Crippen molar-refractivity contribution in [3.05, 3.63) is 29.8 Å². The molecule has 116 valence electrons. The van der Waals surface area contributed by atoms with Gasteiger partial charge in [0, 0.05) is 6.42 Å². The summed E-state index contributed by atoms with van der Waals surface area (Å²) in [7, 11) is 1.56. The van der Waals surface area contributed by atoms with E-state index in [1.165, 1.54) is 0 Å². The number of benzene rings is 1. The number of methoxy groups -OCH3 is 1. The largest absolute Gasteiger partial charge is 0.497 e. The number of hydrogen-bond acceptors (Lipinski definition) is 4. The van der Waals surface area contributed by atoms with Crippen LogP contribution in [0, 0.1) is 0 Å². The first-order valence-electron chi connectivity index (χ1n) is 7.47. The molecule has 1 atom stereocenters. The van der Waals surface area contributed by atoms with Gasteiger partial charge in [0.2, 0.25) is 0 Å².